The van der Waals surface area contributed by atoms with E-state index in [9.17, 15) is 29.7 Å². The lowest BCUT2D eigenvalue weighted by Crippen LogP contribution is -2.36. The molecule has 2 aromatic carbocycles. The zero-order chi connectivity index (χ0) is 34.3. The van der Waals surface area contributed by atoms with Crippen LogP contribution in [0.4, 0.5) is 10.0 Å². The summed E-state index contributed by atoms with van der Waals surface area (Å²) in [4.78, 5) is 65.1. The topological polar surface area (TPSA) is 134 Å². The van der Waals surface area contributed by atoms with E-state index in [0.717, 1.165) is 83.9 Å². The van der Waals surface area contributed by atoms with Crippen LogP contribution in [0.1, 0.15) is 75.0 Å². The molecule has 0 spiro atoms. The van der Waals surface area contributed by atoms with E-state index in [4.69, 9.17) is 13.1 Å². The van der Waals surface area contributed by atoms with Gasteiger partial charge in [-0.1, -0.05) is 52.4 Å². The van der Waals surface area contributed by atoms with Gasteiger partial charge in [-0.15, -0.1) is 22.7 Å². The molecule has 0 aliphatic carbocycles. The summed E-state index contributed by atoms with van der Waals surface area (Å²) in [5.41, 5.74) is -2.38. The Bertz CT molecular complexity index is 2390. The molecule has 0 N–H and O–H groups in total. The molecule has 0 amide bonds. The Kier molecular flexibility index (Phi) is 9.29. The molecule has 0 aliphatic heterocycles. The number of fused-ring (bicyclic) bond motifs is 6. The zero-order valence-electron chi connectivity index (χ0n) is 26.0. The standard InChI is InChI=1S/C34H26N6O4S4/c1-5-7-9-11-13-39-31(41)21-19-20-22(26-25(21)45-17(15-35)18(16-36)46-26)32(42)40(14-12-10-8-6-2)34(44)24(20)28-27(23(19)33(39)43)47-29(37-3)30(38-4)48-28/h5-14H2,1-2H3. The van der Waals surface area contributed by atoms with Crippen molar-refractivity contribution in [3.05, 3.63) is 74.0 Å². The Morgan fingerprint density at radius 3 is 1.17 bits per heavy atom. The number of hydrogen-bond donors (Lipinski definition) is 0. The maximum Gasteiger partial charge on any atom is 0.262 e. The summed E-state index contributed by atoms with van der Waals surface area (Å²) < 4.78 is 3.57. The minimum atomic E-state index is -0.596. The molecule has 6 rings (SSSR count). The molecule has 48 heavy (non-hydrogen) atoms. The van der Waals surface area contributed by atoms with Gasteiger partial charge in [0.25, 0.3) is 32.2 Å². The number of unbranched alkanes of at least 4 members (excludes halogenated alkanes) is 6. The predicted molar refractivity (Wildman–Crippen MR) is 197 cm³/mol. The summed E-state index contributed by atoms with van der Waals surface area (Å²) in [6, 6.07) is 4.10. The lowest BCUT2D eigenvalue weighted by molar-refractivity contribution is 0.564. The summed E-state index contributed by atoms with van der Waals surface area (Å²) in [5.74, 6) is 0. The van der Waals surface area contributed by atoms with Crippen LogP contribution in [0, 0.1) is 35.8 Å². The van der Waals surface area contributed by atoms with Crippen LogP contribution in [0.3, 0.4) is 0 Å². The van der Waals surface area contributed by atoms with Gasteiger partial charge in [0.1, 0.15) is 21.9 Å². The van der Waals surface area contributed by atoms with Crippen LogP contribution in [-0.4, -0.2) is 9.13 Å². The summed E-state index contributed by atoms with van der Waals surface area (Å²) in [6.07, 6.45) is 6.47. The number of hydrogen-bond acceptors (Lipinski definition) is 10. The van der Waals surface area contributed by atoms with Crippen molar-refractivity contribution in [2.24, 2.45) is 0 Å². The van der Waals surface area contributed by atoms with E-state index < -0.39 is 22.2 Å². The van der Waals surface area contributed by atoms with Crippen LogP contribution < -0.4 is 22.2 Å². The second-order valence-corrected chi connectivity index (χ2v) is 15.4. The number of pyridine rings is 2. The molecule has 6 aromatic rings. The second-order valence-electron chi connectivity index (χ2n) is 11.3. The third-order valence-corrected chi connectivity index (χ3v) is 13.4. The highest BCUT2D eigenvalue weighted by molar-refractivity contribution is 7.35. The first kappa shape index (κ1) is 33.2. The molecule has 0 radical (unpaired) electrons. The van der Waals surface area contributed by atoms with Crippen LogP contribution in [0.15, 0.2) is 19.2 Å². The minimum absolute atomic E-state index is 0.0540. The highest BCUT2D eigenvalue weighted by Gasteiger charge is 2.30. The van der Waals surface area contributed by atoms with Crippen molar-refractivity contribution < 1.29 is 0 Å². The molecule has 0 atom stereocenters. The molecular weight excluding hydrogens is 685 g/mol. The predicted octanol–water partition coefficient (Wildman–Crippen LogP) is 8.75. The van der Waals surface area contributed by atoms with Gasteiger partial charge in [0.15, 0.2) is 0 Å². The van der Waals surface area contributed by atoms with E-state index in [1.54, 1.807) is 0 Å². The molecule has 10 nitrogen and oxygen atoms in total. The van der Waals surface area contributed by atoms with Crippen LogP contribution >= 0.6 is 45.3 Å². The third-order valence-electron chi connectivity index (χ3n) is 8.48. The summed E-state index contributed by atoms with van der Waals surface area (Å²) in [5, 5.41) is 20.8. The highest BCUT2D eigenvalue weighted by atomic mass is 32.1. The zero-order valence-corrected chi connectivity index (χ0v) is 29.3. The van der Waals surface area contributed by atoms with Gasteiger partial charge in [-0.2, -0.15) is 33.2 Å². The lowest BCUT2D eigenvalue weighted by atomic mass is 9.96. The number of benzene rings is 2. The van der Waals surface area contributed by atoms with Gasteiger partial charge in [0.2, 0.25) is 0 Å². The lowest BCUT2D eigenvalue weighted by Gasteiger charge is -2.19. The minimum Gasteiger partial charge on any atom is -0.274 e. The molecule has 0 bridgehead atoms. The van der Waals surface area contributed by atoms with E-state index in [1.807, 2.05) is 12.1 Å². The van der Waals surface area contributed by atoms with Crippen LogP contribution in [-0.2, 0) is 13.1 Å². The van der Waals surface area contributed by atoms with Gasteiger partial charge < -0.3 is 0 Å². The quantitative estimate of drug-likeness (QED) is 0.0604. The first-order valence-corrected chi connectivity index (χ1v) is 18.7. The van der Waals surface area contributed by atoms with Crippen LogP contribution in [0.2, 0.25) is 0 Å². The van der Waals surface area contributed by atoms with E-state index in [1.165, 1.54) is 9.13 Å². The average molecular weight is 711 g/mol. The number of aromatic nitrogens is 2. The third kappa shape index (κ3) is 5.05. The van der Waals surface area contributed by atoms with Crippen LogP contribution in [0.5, 0.6) is 0 Å². The smallest absolute Gasteiger partial charge is 0.262 e. The summed E-state index contributed by atoms with van der Waals surface area (Å²) in [7, 11) is 0. The average Bonchev–Trinajstić information content (AvgIpc) is 3.09. The molecule has 4 aromatic heterocycles. The number of nitriles is 2. The molecule has 0 saturated heterocycles. The van der Waals surface area contributed by atoms with Gasteiger partial charge in [-0.25, -0.2) is 9.69 Å². The summed E-state index contributed by atoms with van der Waals surface area (Å²) >= 11 is 3.71. The SMILES string of the molecule is [C-]#[N+]c1sc2c(sc1[N+]#[C-])c1c(=O)n(CCCCCC)c(=O)c3c4sc(C#N)c(C#N)sc4c4c(=O)n(CCCCCC)c(=O)c2c4c31. The maximum atomic E-state index is 14.5. The van der Waals surface area contributed by atoms with Crippen LogP contribution in [0.25, 0.3) is 60.8 Å². The Hall–Kier alpha value is -4.70. The van der Waals surface area contributed by atoms with Crippen molar-refractivity contribution in [3.63, 3.8) is 0 Å². The molecule has 0 fully saturated rings. The number of rotatable bonds is 10. The Morgan fingerprint density at radius 2 is 0.875 bits per heavy atom. The van der Waals surface area contributed by atoms with E-state index in [-0.39, 0.29) is 65.2 Å². The van der Waals surface area contributed by atoms with E-state index >= 15 is 0 Å². The second kappa shape index (κ2) is 13.4. The molecule has 0 saturated carbocycles. The largest absolute Gasteiger partial charge is 0.274 e. The summed E-state index contributed by atoms with van der Waals surface area (Å²) in [6.45, 7) is 19.9. The first-order chi connectivity index (χ1) is 23.3. The number of nitrogens with zero attached hydrogens (tertiary/aromatic N) is 6. The molecule has 0 unspecified atom stereocenters. The molecule has 14 heteroatoms. The Balaban J connectivity index is 1.98. The fourth-order valence-corrected chi connectivity index (χ4v) is 10.7. The molecular formula is C34H26N6O4S4. The van der Waals surface area contributed by atoms with Gasteiger partial charge in [-0.05, 0) is 12.8 Å². The van der Waals surface area contributed by atoms with Gasteiger partial charge in [0.05, 0.1) is 44.1 Å². The maximum absolute atomic E-state index is 14.5. The Morgan fingerprint density at radius 1 is 0.542 bits per heavy atom. The van der Waals surface area contributed by atoms with Gasteiger partial charge in [-0.3, -0.25) is 28.3 Å². The van der Waals surface area contributed by atoms with Crippen molar-refractivity contribution in [2.75, 3.05) is 0 Å². The monoisotopic (exact) mass is 710 g/mol. The molecule has 240 valence electrons. The first-order valence-electron chi connectivity index (χ1n) is 15.5. The van der Waals surface area contributed by atoms with Crippen molar-refractivity contribution in [1.82, 2.24) is 9.13 Å². The van der Waals surface area contributed by atoms with Crippen molar-refractivity contribution >= 4 is 106 Å². The van der Waals surface area contributed by atoms with Crippen molar-refractivity contribution in [3.8, 4) is 12.1 Å². The van der Waals surface area contributed by atoms with Crippen molar-refractivity contribution in [1.29, 1.82) is 10.5 Å². The highest BCUT2D eigenvalue weighted by Crippen LogP contribution is 2.50. The van der Waals surface area contributed by atoms with Crippen molar-refractivity contribution in [2.45, 2.75) is 78.3 Å². The van der Waals surface area contributed by atoms with E-state index in [0.29, 0.717) is 31.6 Å². The molecule has 4 heterocycles. The fraction of sp³-hybridized carbons (Fsp3) is 0.353. The molecule has 0 aliphatic rings. The van der Waals surface area contributed by atoms with Gasteiger partial charge in [0, 0.05) is 33.3 Å². The van der Waals surface area contributed by atoms with Gasteiger partial charge >= 0.3 is 0 Å². The normalized spacial score (nSPS) is 11.4. The van der Waals surface area contributed by atoms with E-state index in [2.05, 4.69) is 23.5 Å². The Labute approximate surface area is 289 Å². The fourth-order valence-electron chi connectivity index (χ4n) is 6.25.